The van der Waals surface area contributed by atoms with Crippen LogP contribution in [0.4, 0.5) is 68.2 Å². The van der Waals surface area contributed by atoms with Crippen molar-refractivity contribution in [2.24, 2.45) is 0 Å². The molecule has 0 fully saturated rings. The van der Waals surface area contributed by atoms with E-state index in [1.54, 1.807) is 0 Å². The summed E-state index contributed by atoms with van der Waals surface area (Å²) in [6.07, 6.45) is 0. The first kappa shape index (κ1) is 66.5. The fraction of sp³-hybridized carbons (Fsp3) is 0.0467. The Hall–Kier alpha value is -14.3. The molecule has 0 saturated heterocycles. The maximum absolute atomic E-state index is 8.15. The number of nitrogens with zero attached hydrogens (tertiary/aromatic N) is 4. The topological polar surface area (TPSA) is 31.4 Å². The molecular formula is C107H74B2N4O2. The first-order valence-corrected chi connectivity index (χ1v) is 40.0. The van der Waals surface area contributed by atoms with Gasteiger partial charge in [0.05, 0.1) is 28.2 Å². The molecule has 17 aromatic rings. The number of rotatable bonds is 10. The van der Waals surface area contributed by atoms with Gasteiger partial charge in [0, 0.05) is 97.1 Å². The Morgan fingerprint density at radius 2 is 0.704 bits per heavy atom. The SMILES string of the molecule is CC(C)(C)c1cc2c3c(c1)N(c1c(-c4ccccc4)cccc1-c1ccccc1)c1cc4c(cc1B3c1ccccc1N2c1ccccc1)C1(c2cc3c(cc2O4)Oc2cc(N(c4ccccc4)c4ccccc4-c4ccccc4)cc4c2B3c2ccccc2N4c2ccccc2-c2ccccc2)c2ccccc2-c2ccccc21. The van der Waals surface area contributed by atoms with Gasteiger partial charge in [-0.1, -0.05) is 330 Å². The van der Waals surface area contributed by atoms with E-state index in [0.717, 1.165) is 158 Å². The Bertz CT molecular complexity index is 6710. The second kappa shape index (κ2) is 25.9. The fourth-order valence-corrected chi connectivity index (χ4v) is 20.0. The van der Waals surface area contributed by atoms with Crippen molar-refractivity contribution in [3.8, 4) is 78.6 Å². The summed E-state index contributed by atoms with van der Waals surface area (Å²) >= 11 is 0. The number of hydrogen-bond donors (Lipinski definition) is 0. The normalized spacial score (nSPS) is 13.6. The van der Waals surface area contributed by atoms with Crippen molar-refractivity contribution in [2.45, 2.75) is 31.6 Å². The molecule has 115 heavy (non-hydrogen) atoms. The quantitative estimate of drug-likeness (QED) is 0.127. The highest BCUT2D eigenvalue weighted by atomic mass is 16.5. The fourth-order valence-electron chi connectivity index (χ4n) is 20.0. The summed E-state index contributed by atoms with van der Waals surface area (Å²) in [5.41, 5.74) is 35.8. The molecule has 6 nitrogen and oxygen atoms in total. The summed E-state index contributed by atoms with van der Waals surface area (Å²) in [4.78, 5) is 10.1. The van der Waals surface area contributed by atoms with Crippen LogP contribution in [0.2, 0.25) is 0 Å². The van der Waals surface area contributed by atoms with Crippen molar-refractivity contribution in [1.82, 2.24) is 0 Å². The second-order valence-corrected chi connectivity index (χ2v) is 32.1. The first-order chi connectivity index (χ1) is 56.7. The minimum atomic E-state index is -0.935. The summed E-state index contributed by atoms with van der Waals surface area (Å²) in [5.74, 6) is 3.02. The van der Waals surface area contributed by atoms with Gasteiger partial charge in [0.15, 0.2) is 0 Å². The molecule has 5 heterocycles. The molecule has 0 amide bonds. The Kier molecular flexibility index (Phi) is 15.0. The zero-order valence-electron chi connectivity index (χ0n) is 63.8. The van der Waals surface area contributed by atoms with E-state index < -0.39 is 5.41 Å². The average molecular weight is 1470 g/mol. The lowest BCUT2D eigenvalue weighted by Crippen LogP contribution is -2.62. The highest BCUT2D eigenvalue weighted by molar-refractivity contribution is 7.01. The van der Waals surface area contributed by atoms with Gasteiger partial charge in [-0.3, -0.25) is 0 Å². The lowest BCUT2D eigenvalue weighted by molar-refractivity contribution is 0.428. The summed E-state index contributed by atoms with van der Waals surface area (Å²) in [5, 5.41) is 0. The molecule has 6 aliphatic rings. The number of benzene rings is 17. The van der Waals surface area contributed by atoms with Gasteiger partial charge < -0.3 is 29.1 Å². The Balaban J connectivity index is 0.814. The van der Waals surface area contributed by atoms with Crippen LogP contribution in [0.15, 0.2) is 394 Å². The van der Waals surface area contributed by atoms with Crippen molar-refractivity contribution < 1.29 is 9.47 Å². The van der Waals surface area contributed by atoms with Crippen LogP contribution in [0.3, 0.4) is 0 Å². The molecule has 17 aromatic carbocycles. The van der Waals surface area contributed by atoms with Crippen LogP contribution in [0.5, 0.6) is 23.0 Å². The van der Waals surface area contributed by atoms with Crippen molar-refractivity contribution in [3.05, 3.63) is 422 Å². The van der Waals surface area contributed by atoms with Crippen molar-refractivity contribution in [1.29, 1.82) is 0 Å². The van der Waals surface area contributed by atoms with Crippen LogP contribution in [0.1, 0.15) is 48.6 Å². The number of para-hydroxylation sites is 7. The number of hydrogen-bond acceptors (Lipinski definition) is 6. The van der Waals surface area contributed by atoms with Crippen LogP contribution in [0, 0.1) is 0 Å². The summed E-state index contributed by atoms with van der Waals surface area (Å²) < 4.78 is 16.1. The largest absolute Gasteiger partial charge is 0.458 e. The molecule has 5 aliphatic heterocycles. The highest BCUT2D eigenvalue weighted by Gasteiger charge is 2.55. The third-order valence-electron chi connectivity index (χ3n) is 24.9. The molecule has 0 atom stereocenters. The molecule has 8 heteroatoms. The van der Waals surface area contributed by atoms with Crippen molar-refractivity contribution >= 4 is 114 Å². The predicted molar refractivity (Wildman–Crippen MR) is 479 cm³/mol. The van der Waals surface area contributed by atoms with Gasteiger partial charge in [-0.05, 0) is 155 Å². The van der Waals surface area contributed by atoms with E-state index in [-0.39, 0.29) is 18.8 Å². The van der Waals surface area contributed by atoms with Gasteiger partial charge in [0.25, 0.3) is 13.4 Å². The number of ether oxygens (including phenoxy) is 2. The Labute approximate surface area is 671 Å². The Morgan fingerprint density at radius 3 is 1.30 bits per heavy atom. The summed E-state index contributed by atoms with van der Waals surface area (Å²) in [6.45, 7) is 6.52. The smallest absolute Gasteiger partial charge is 0.256 e. The summed E-state index contributed by atoms with van der Waals surface area (Å²) in [6, 6.07) is 146. The van der Waals surface area contributed by atoms with Crippen LogP contribution in [0.25, 0.3) is 55.6 Å². The van der Waals surface area contributed by atoms with Gasteiger partial charge in [-0.2, -0.15) is 0 Å². The number of anilines is 12. The zero-order chi connectivity index (χ0) is 76.2. The molecule has 0 unspecified atom stereocenters. The molecule has 0 radical (unpaired) electrons. The van der Waals surface area contributed by atoms with E-state index in [4.69, 9.17) is 9.47 Å². The minimum absolute atomic E-state index is 0.240. The monoisotopic (exact) mass is 1470 g/mol. The van der Waals surface area contributed by atoms with E-state index in [1.165, 1.54) is 49.7 Å². The molecule has 0 saturated carbocycles. The van der Waals surface area contributed by atoms with Crippen LogP contribution < -0.4 is 61.9 Å². The standard InChI is InChI=1S/C107H74B2N4O2/c1-106(2,3)73-61-96-103-97(62-73)113(105-79(71-39-14-6-15-40-71)51-34-52-80(105)72-41-16-7-17-42-72)95-67-99-85(65-89(95)108(103)87-55-28-32-59-93(87)111(96)75-45-20-9-21-46-75)107(83-53-26-22-49-81(83)82-50-23-27-54-84(82)107)86-66-90-101(68-100(86)114-99)115-102-64-76(110(74-43-18-8-19-44-74)91-57-30-24-47-77(91)69-35-10-4-11-36-69)63-98-104(102)109(90)88-56-29-33-60-94(88)112(98)92-58-31-25-48-78(92)70-37-12-5-13-38-70/h4-68H,1-3H3. The molecular weight excluding hydrogens is 1390 g/mol. The maximum atomic E-state index is 8.15. The molecule has 23 rings (SSSR count). The minimum Gasteiger partial charge on any atom is -0.458 e. The van der Waals surface area contributed by atoms with Crippen molar-refractivity contribution in [3.63, 3.8) is 0 Å². The first-order valence-electron chi connectivity index (χ1n) is 40.0. The van der Waals surface area contributed by atoms with Gasteiger partial charge in [-0.15, -0.1) is 0 Å². The highest BCUT2D eigenvalue weighted by Crippen LogP contribution is 2.64. The Morgan fingerprint density at radius 1 is 0.270 bits per heavy atom. The maximum Gasteiger partial charge on any atom is 0.256 e. The lowest BCUT2D eigenvalue weighted by atomic mass is 9.33. The summed E-state index contributed by atoms with van der Waals surface area (Å²) in [7, 11) is 0. The van der Waals surface area contributed by atoms with E-state index in [9.17, 15) is 0 Å². The van der Waals surface area contributed by atoms with E-state index in [0.29, 0.717) is 0 Å². The zero-order valence-corrected chi connectivity index (χ0v) is 63.8. The predicted octanol–water partition coefficient (Wildman–Crippen LogP) is 24.1. The molecule has 1 aliphatic carbocycles. The van der Waals surface area contributed by atoms with Gasteiger partial charge >= 0.3 is 0 Å². The van der Waals surface area contributed by atoms with E-state index in [2.05, 4.69) is 435 Å². The molecule has 1 spiro atoms. The van der Waals surface area contributed by atoms with E-state index in [1.807, 2.05) is 0 Å². The molecule has 0 N–H and O–H groups in total. The van der Waals surface area contributed by atoms with E-state index >= 15 is 0 Å². The third kappa shape index (κ3) is 10.0. The van der Waals surface area contributed by atoms with Crippen LogP contribution >= 0.6 is 0 Å². The third-order valence-corrected chi connectivity index (χ3v) is 24.9. The van der Waals surface area contributed by atoms with Gasteiger partial charge in [-0.25, -0.2) is 0 Å². The van der Waals surface area contributed by atoms with Crippen LogP contribution in [-0.4, -0.2) is 13.4 Å². The molecule has 540 valence electrons. The van der Waals surface area contributed by atoms with Gasteiger partial charge in [0.1, 0.15) is 23.0 Å². The second-order valence-electron chi connectivity index (χ2n) is 32.1. The van der Waals surface area contributed by atoms with Gasteiger partial charge in [0.2, 0.25) is 0 Å². The average Bonchev–Trinajstić information content (AvgIpc) is 1.44. The molecule has 0 bridgehead atoms. The molecule has 0 aromatic heterocycles. The van der Waals surface area contributed by atoms with Crippen molar-refractivity contribution in [2.75, 3.05) is 19.6 Å². The number of fused-ring (bicyclic) bond motifs is 17. The lowest BCUT2D eigenvalue weighted by Gasteiger charge is -2.47. The van der Waals surface area contributed by atoms with Crippen LogP contribution in [-0.2, 0) is 10.8 Å².